The molecule has 0 fully saturated rings. The summed E-state index contributed by atoms with van der Waals surface area (Å²) in [5, 5.41) is -0.264. The summed E-state index contributed by atoms with van der Waals surface area (Å²) in [6.45, 7) is 2.01. The van der Waals surface area contributed by atoms with Crippen LogP contribution in [0.3, 0.4) is 0 Å². The number of hydrogen-bond acceptors (Lipinski definition) is 2. The molecule has 0 radical (unpaired) electrons. The molecule has 0 saturated carbocycles. The molecule has 1 aromatic rings. The monoisotopic (exact) mass is 226 g/mol. The highest BCUT2D eigenvalue weighted by atomic mass is 35.5. The number of carbonyl (C=O) groups is 1. The summed E-state index contributed by atoms with van der Waals surface area (Å²) in [5.41, 5.74) is 2.33. The highest BCUT2D eigenvalue weighted by Gasteiger charge is 2.01. The Labute approximate surface area is 95.2 Å². The molecule has 15 heavy (non-hydrogen) atoms. The van der Waals surface area contributed by atoms with Crippen molar-refractivity contribution >= 4 is 16.8 Å². The lowest BCUT2D eigenvalue weighted by molar-refractivity contribution is -0.111. The van der Waals surface area contributed by atoms with E-state index in [1.54, 1.807) is 7.11 Å². The van der Waals surface area contributed by atoms with Crippen LogP contribution < -0.4 is 4.74 Å². The van der Waals surface area contributed by atoms with Gasteiger partial charge in [0.15, 0.2) is 0 Å². The number of rotatable bonds is 5. The molecule has 0 aromatic heterocycles. The van der Waals surface area contributed by atoms with Crippen LogP contribution in [0.15, 0.2) is 18.2 Å². The van der Waals surface area contributed by atoms with Crippen molar-refractivity contribution in [3.05, 3.63) is 29.3 Å². The first-order valence-corrected chi connectivity index (χ1v) is 5.33. The number of methoxy groups -OCH3 is 1. The van der Waals surface area contributed by atoms with Crippen LogP contribution >= 0.6 is 11.6 Å². The minimum atomic E-state index is -0.264. The van der Waals surface area contributed by atoms with Crippen LogP contribution in [-0.2, 0) is 11.2 Å². The van der Waals surface area contributed by atoms with Gasteiger partial charge in [0.05, 0.1) is 7.11 Å². The van der Waals surface area contributed by atoms with E-state index >= 15 is 0 Å². The second-order valence-corrected chi connectivity index (χ2v) is 3.93. The van der Waals surface area contributed by atoms with Crippen molar-refractivity contribution in [3.63, 3.8) is 0 Å². The molecule has 0 aliphatic rings. The van der Waals surface area contributed by atoms with Gasteiger partial charge >= 0.3 is 0 Å². The van der Waals surface area contributed by atoms with E-state index in [2.05, 4.69) is 6.07 Å². The molecule has 3 heteroatoms. The first kappa shape index (κ1) is 12.1. The average Bonchev–Trinajstić information content (AvgIpc) is 2.17. The molecule has 0 aliphatic heterocycles. The number of halogens is 1. The molecule has 1 rings (SSSR count). The number of ether oxygens (including phenoxy) is 1. The minimum Gasteiger partial charge on any atom is -0.496 e. The van der Waals surface area contributed by atoms with Crippen LogP contribution in [-0.4, -0.2) is 12.4 Å². The van der Waals surface area contributed by atoms with Crippen molar-refractivity contribution in [2.24, 2.45) is 0 Å². The summed E-state index contributed by atoms with van der Waals surface area (Å²) in [7, 11) is 1.66. The Morgan fingerprint density at radius 2 is 2.20 bits per heavy atom. The van der Waals surface area contributed by atoms with Crippen molar-refractivity contribution in [2.75, 3.05) is 7.11 Å². The lowest BCUT2D eigenvalue weighted by atomic mass is 10.1. The van der Waals surface area contributed by atoms with Crippen LogP contribution in [0.25, 0.3) is 0 Å². The molecule has 0 atom stereocenters. The van der Waals surface area contributed by atoms with E-state index in [9.17, 15) is 4.79 Å². The maximum atomic E-state index is 10.5. The fraction of sp³-hybridized carbons (Fsp3) is 0.417. The van der Waals surface area contributed by atoms with Crippen LogP contribution in [0, 0.1) is 6.92 Å². The lowest BCUT2D eigenvalue weighted by Gasteiger charge is -2.06. The molecule has 0 spiro atoms. The lowest BCUT2D eigenvalue weighted by Crippen LogP contribution is -1.93. The second-order valence-electron chi connectivity index (χ2n) is 3.51. The Kier molecular flexibility index (Phi) is 4.63. The Hall–Kier alpha value is -1.02. The third kappa shape index (κ3) is 3.92. The van der Waals surface area contributed by atoms with Gasteiger partial charge < -0.3 is 4.74 Å². The summed E-state index contributed by atoms with van der Waals surface area (Å²) in [5.74, 6) is 0.896. The summed E-state index contributed by atoms with van der Waals surface area (Å²) in [6.07, 6.45) is 2.12. The van der Waals surface area contributed by atoms with E-state index in [1.165, 1.54) is 5.56 Å². The van der Waals surface area contributed by atoms with Crippen LogP contribution in [0.4, 0.5) is 0 Å². The molecule has 82 valence electrons. The molecule has 0 saturated heterocycles. The predicted octanol–water partition coefficient (Wildman–Crippen LogP) is 3.09. The predicted molar refractivity (Wildman–Crippen MR) is 61.5 cm³/mol. The molecule has 0 N–H and O–H groups in total. The number of aryl methyl sites for hydroxylation is 2. The van der Waals surface area contributed by atoms with E-state index in [0.29, 0.717) is 6.42 Å². The van der Waals surface area contributed by atoms with Gasteiger partial charge in [0.1, 0.15) is 5.75 Å². The van der Waals surface area contributed by atoms with E-state index in [4.69, 9.17) is 16.3 Å². The van der Waals surface area contributed by atoms with Crippen molar-refractivity contribution in [1.82, 2.24) is 0 Å². The zero-order valence-electron chi connectivity index (χ0n) is 9.05. The van der Waals surface area contributed by atoms with Gasteiger partial charge in [0.25, 0.3) is 0 Å². The van der Waals surface area contributed by atoms with Gasteiger partial charge in [-0.25, -0.2) is 0 Å². The van der Waals surface area contributed by atoms with Crippen LogP contribution in [0.2, 0.25) is 0 Å². The van der Waals surface area contributed by atoms with Gasteiger partial charge in [-0.2, -0.15) is 0 Å². The van der Waals surface area contributed by atoms with Gasteiger partial charge in [-0.1, -0.05) is 12.1 Å². The van der Waals surface area contributed by atoms with E-state index in [-0.39, 0.29) is 5.24 Å². The van der Waals surface area contributed by atoms with Gasteiger partial charge in [-0.3, -0.25) is 4.79 Å². The Balaban J connectivity index is 2.55. The first-order chi connectivity index (χ1) is 7.13. The fourth-order valence-corrected chi connectivity index (χ4v) is 1.66. The number of hydrogen-bond donors (Lipinski definition) is 0. The Bertz CT molecular complexity index is 347. The molecule has 0 amide bonds. The van der Waals surface area contributed by atoms with Crippen molar-refractivity contribution in [1.29, 1.82) is 0 Å². The maximum absolute atomic E-state index is 10.5. The molecule has 0 unspecified atom stereocenters. The van der Waals surface area contributed by atoms with Crippen LogP contribution in [0.5, 0.6) is 5.75 Å². The zero-order chi connectivity index (χ0) is 11.3. The summed E-state index contributed by atoms with van der Waals surface area (Å²) in [6, 6.07) is 6.05. The quantitative estimate of drug-likeness (QED) is 0.722. The second kappa shape index (κ2) is 5.76. The Morgan fingerprint density at radius 3 is 2.73 bits per heavy atom. The highest BCUT2D eigenvalue weighted by molar-refractivity contribution is 6.63. The van der Waals surface area contributed by atoms with E-state index < -0.39 is 0 Å². The molecule has 1 aromatic carbocycles. The topological polar surface area (TPSA) is 26.3 Å². The molecule has 0 aliphatic carbocycles. The van der Waals surface area contributed by atoms with Gasteiger partial charge in [-0.05, 0) is 48.6 Å². The summed E-state index contributed by atoms with van der Waals surface area (Å²) < 4.78 is 5.17. The van der Waals surface area contributed by atoms with Gasteiger partial charge in [0.2, 0.25) is 5.24 Å². The molecular formula is C12H15ClO2. The first-order valence-electron chi connectivity index (χ1n) is 4.95. The van der Waals surface area contributed by atoms with Crippen LogP contribution in [0.1, 0.15) is 24.0 Å². The normalized spacial score (nSPS) is 10.1. The number of carbonyl (C=O) groups excluding carboxylic acids is 1. The van der Waals surface area contributed by atoms with Crippen molar-refractivity contribution < 1.29 is 9.53 Å². The smallest absolute Gasteiger partial charge is 0.221 e. The SMILES string of the molecule is COc1ccc(CCCC(=O)Cl)cc1C. The molecule has 2 nitrogen and oxygen atoms in total. The van der Waals surface area contributed by atoms with E-state index in [0.717, 1.165) is 24.2 Å². The standard InChI is InChI=1S/C12H15ClO2/c1-9-8-10(4-3-5-12(13)14)6-7-11(9)15-2/h6-8H,3-5H2,1-2H3. The summed E-state index contributed by atoms with van der Waals surface area (Å²) in [4.78, 5) is 10.5. The molecule has 0 bridgehead atoms. The van der Waals surface area contributed by atoms with Gasteiger partial charge in [-0.15, -0.1) is 0 Å². The Morgan fingerprint density at radius 1 is 1.47 bits per heavy atom. The molecule has 0 heterocycles. The maximum Gasteiger partial charge on any atom is 0.221 e. The third-order valence-electron chi connectivity index (χ3n) is 2.30. The largest absolute Gasteiger partial charge is 0.496 e. The fourth-order valence-electron chi connectivity index (χ4n) is 1.53. The third-order valence-corrected chi connectivity index (χ3v) is 2.49. The van der Waals surface area contributed by atoms with Crippen molar-refractivity contribution in [2.45, 2.75) is 26.2 Å². The minimum absolute atomic E-state index is 0.264. The summed E-state index contributed by atoms with van der Waals surface area (Å²) >= 11 is 5.26. The van der Waals surface area contributed by atoms with Crippen molar-refractivity contribution in [3.8, 4) is 5.75 Å². The number of benzene rings is 1. The van der Waals surface area contributed by atoms with E-state index in [1.807, 2.05) is 19.1 Å². The molecular weight excluding hydrogens is 212 g/mol. The average molecular weight is 227 g/mol. The highest BCUT2D eigenvalue weighted by Crippen LogP contribution is 2.19. The zero-order valence-corrected chi connectivity index (χ0v) is 9.80. The van der Waals surface area contributed by atoms with Gasteiger partial charge in [0, 0.05) is 6.42 Å².